The highest BCUT2D eigenvalue weighted by Crippen LogP contribution is 2.26. The van der Waals surface area contributed by atoms with E-state index in [1.54, 1.807) is 0 Å². The largest absolute Gasteiger partial charge is 0.375 e. The summed E-state index contributed by atoms with van der Waals surface area (Å²) in [7, 11) is 0. The van der Waals surface area contributed by atoms with E-state index in [1.807, 2.05) is 6.21 Å². The summed E-state index contributed by atoms with van der Waals surface area (Å²) in [5.74, 6) is 1.49. The van der Waals surface area contributed by atoms with Crippen LogP contribution in [0.3, 0.4) is 0 Å². The summed E-state index contributed by atoms with van der Waals surface area (Å²) < 4.78 is 0. The second-order valence-corrected chi connectivity index (χ2v) is 4.21. The first-order valence-electron chi connectivity index (χ1n) is 4.77. The molecule has 3 nitrogen and oxygen atoms in total. The number of hydrogen-bond acceptors (Lipinski definition) is 2. The Morgan fingerprint density at radius 3 is 2.62 bits per heavy atom. The first-order valence-corrected chi connectivity index (χ1v) is 5.18. The molecule has 3 N–H and O–H groups in total. The molecule has 0 aliphatic heterocycles. The van der Waals surface area contributed by atoms with E-state index in [9.17, 15) is 0 Å². The van der Waals surface area contributed by atoms with Gasteiger partial charge in [0, 0.05) is 6.21 Å². The van der Waals surface area contributed by atoms with Crippen molar-refractivity contribution < 1.29 is 0 Å². The number of rotatable bonds is 2. The van der Waals surface area contributed by atoms with Crippen LogP contribution in [0.1, 0.15) is 32.6 Å². The van der Waals surface area contributed by atoms with Crippen molar-refractivity contribution in [2.45, 2.75) is 32.6 Å². The SMILES string of the molecule is CC1CCC(/C=N/NC(N)=S)CC1. The van der Waals surface area contributed by atoms with E-state index in [0.29, 0.717) is 5.92 Å². The predicted molar refractivity (Wildman–Crippen MR) is 59.5 cm³/mol. The van der Waals surface area contributed by atoms with Gasteiger partial charge in [-0.05, 0) is 36.9 Å². The van der Waals surface area contributed by atoms with Gasteiger partial charge in [0.25, 0.3) is 0 Å². The molecule has 0 unspecified atom stereocenters. The Kier molecular flexibility index (Phi) is 4.15. The molecule has 1 fully saturated rings. The highest BCUT2D eigenvalue weighted by Gasteiger charge is 2.16. The zero-order chi connectivity index (χ0) is 9.68. The highest BCUT2D eigenvalue weighted by atomic mass is 32.1. The number of hydrogen-bond donors (Lipinski definition) is 2. The molecule has 74 valence electrons. The molecule has 13 heavy (non-hydrogen) atoms. The third kappa shape index (κ3) is 4.22. The van der Waals surface area contributed by atoms with Crippen molar-refractivity contribution in [3.63, 3.8) is 0 Å². The molecular weight excluding hydrogens is 182 g/mol. The van der Waals surface area contributed by atoms with Crippen molar-refractivity contribution >= 4 is 23.5 Å². The summed E-state index contributed by atoms with van der Waals surface area (Å²) in [6.45, 7) is 2.31. The molecule has 1 aliphatic rings. The summed E-state index contributed by atoms with van der Waals surface area (Å²) >= 11 is 4.63. The number of hydrazone groups is 1. The fourth-order valence-corrected chi connectivity index (χ4v) is 1.69. The second-order valence-electron chi connectivity index (χ2n) is 3.77. The normalized spacial score (nSPS) is 29.0. The quantitative estimate of drug-likeness (QED) is 0.404. The van der Waals surface area contributed by atoms with Gasteiger partial charge in [0.2, 0.25) is 0 Å². The molecule has 4 heteroatoms. The minimum atomic E-state index is 0.237. The Labute approximate surface area is 84.8 Å². The van der Waals surface area contributed by atoms with Crippen LogP contribution in [0.25, 0.3) is 0 Å². The number of nitrogens with two attached hydrogens (primary N) is 1. The van der Waals surface area contributed by atoms with Crippen molar-refractivity contribution in [3.8, 4) is 0 Å². The molecule has 1 rings (SSSR count). The third-order valence-electron chi connectivity index (χ3n) is 2.52. The van der Waals surface area contributed by atoms with Crippen LogP contribution in [0.5, 0.6) is 0 Å². The van der Waals surface area contributed by atoms with Crippen molar-refractivity contribution in [2.24, 2.45) is 22.7 Å². The maximum absolute atomic E-state index is 5.24. The monoisotopic (exact) mass is 199 g/mol. The molecule has 0 atom stereocenters. The summed E-state index contributed by atoms with van der Waals surface area (Å²) in [4.78, 5) is 0. The molecule has 0 amide bonds. The van der Waals surface area contributed by atoms with Gasteiger partial charge in [-0.1, -0.05) is 19.8 Å². The summed E-state index contributed by atoms with van der Waals surface area (Å²) in [5, 5.41) is 4.21. The molecule has 0 saturated heterocycles. The van der Waals surface area contributed by atoms with E-state index in [1.165, 1.54) is 25.7 Å². The molecule has 0 radical (unpaired) electrons. The van der Waals surface area contributed by atoms with E-state index < -0.39 is 0 Å². The molecule has 0 aromatic heterocycles. The van der Waals surface area contributed by atoms with Crippen LogP contribution in [0.15, 0.2) is 5.10 Å². The van der Waals surface area contributed by atoms with E-state index in [4.69, 9.17) is 5.73 Å². The molecule has 0 spiro atoms. The van der Waals surface area contributed by atoms with Crippen LogP contribution in [-0.4, -0.2) is 11.3 Å². The van der Waals surface area contributed by atoms with Crippen LogP contribution in [0, 0.1) is 11.8 Å². The topological polar surface area (TPSA) is 50.4 Å². The zero-order valence-electron chi connectivity index (χ0n) is 7.99. The maximum atomic E-state index is 5.24. The van der Waals surface area contributed by atoms with Crippen LogP contribution in [0.2, 0.25) is 0 Å². The lowest BCUT2D eigenvalue weighted by atomic mass is 9.84. The Morgan fingerprint density at radius 1 is 1.46 bits per heavy atom. The summed E-state index contributed by atoms with van der Waals surface area (Å²) in [6, 6.07) is 0. The molecule has 0 heterocycles. The standard InChI is InChI=1S/C9H17N3S/c1-7-2-4-8(5-3-7)6-11-12-9(10)13/h6-8H,2-5H2,1H3,(H3,10,12,13)/b11-6+. The van der Waals surface area contributed by atoms with Crippen LogP contribution < -0.4 is 11.2 Å². The molecule has 1 aliphatic carbocycles. The van der Waals surface area contributed by atoms with Gasteiger partial charge in [-0.15, -0.1) is 0 Å². The van der Waals surface area contributed by atoms with Gasteiger partial charge in [0.1, 0.15) is 0 Å². The van der Waals surface area contributed by atoms with Gasteiger partial charge < -0.3 is 5.73 Å². The van der Waals surface area contributed by atoms with Gasteiger partial charge in [0.05, 0.1) is 0 Å². The molecule has 1 saturated carbocycles. The van der Waals surface area contributed by atoms with Crippen LogP contribution in [0.4, 0.5) is 0 Å². The van der Waals surface area contributed by atoms with Crippen molar-refractivity contribution in [1.29, 1.82) is 0 Å². The van der Waals surface area contributed by atoms with Gasteiger partial charge >= 0.3 is 0 Å². The minimum absolute atomic E-state index is 0.237. The van der Waals surface area contributed by atoms with Crippen molar-refractivity contribution in [3.05, 3.63) is 0 Å². The third-order valence-corrected chi connectivity index (χ3v) is 2.61. The molecule has 0 aromatic rings. The smallest absolute Gasteiger partial charge is 0.184 e. The van der Waals surface area contributed by atoms with E-state index in [-0.39, 0.29) is 5.11 Å². The predicted octanol–water partition coefficient (Wildman–Crippen LogP) is 1.63. The number of thiocarbonyl (C=S) groups is 1. The van der Waals surface area contributed by atoms with Gasteiger partial charge in [0.15, 0.2) is 5.11 Å². The molecule has 0 aromatic carbocycles. The van der Waals surface area contributed by atoms with E-state index in [2.05, 4.69) is 29.7 Å². The van der Waals surface area contributed by atoms with Gasteiger partial charge in [-0.2, -0.15) is 5.10 Å². The highest BCUT2D eigenvalue weighted by molar-refractivity contribution is 7.80. The van der Waals surface area contributed by atoms with E-state index >= 15 is 0 Å². The lowest BCUT2D eigenvalue weighted by Gasteiger charge is -2.22. The first kappa shape index (κ1) is 10.4. The lowest BCUT2D eigenvalue weighted by Crippen LogP contribution is -2.25. The minimum Gasteiger partial charge on any atom is -0.375 e. The second kappa shape index (κ2) is 5.17. The number of nitrogens with one attached hydrogen (secondary N) is 1. The Hall–Kier alpha value is -0.640. The molecule has 0 bridgehead atoms. The summed E-state index contributed by atoms with van der Waals surface area (Å²) in [6.07, 6.45) is 7.03. The Balaban J connectivity index is 2.22. The zero-order valence-corrected chi connectivity index (χ0v) is 8.81. The average Bonchev–Trinajstić information content (AvgIpc) is 2.08. The fraction of sp³-hybridized carbons (Fsp3) is 0.778. The average molecular weight is 199 g/mol. The van der Waals surface area contributed by atoms with Crippen LogP contribution in [-0.2, 0) is 0 Å². The Bertz CT molecular complexity index is 195. The van der Waals surface area contributed by atoms with Gasteiger partial charge in [-0.25, -0.2) is 0 Å². The van der Waals surface area contributed by atoms with E-state index in [0.717, 1.165) is 5.92 Å². The van der Waals surface area contributed by atoms with Gasteiger partial charge in [-0.3, -0.25) is 5.43 Å². The van der Waals surface area contributed by atoms with Crippen LogP contribution >= 0.6 is 12.2 Å². The fourth-order valence-electron chi connectivity index (χ4n) is 1.64. The summed E-state index contributed by atoms with van der Waals surface area (Å²) in [5.41, 5.74) is 7.82. The molecular formula is C9H17N3S. The van der Waals surface area contributed by atoms with Crippen molar-refractivity contribution in [1.82, 2.24) is 5.43 Å². The Morgan fingerprint density at radius 2 is 2.08 bits per heavy atom. The number of nitrogens with zero attached hydrogens (tertiary/aromatic N) is 1. The van der Waals surface area contributed by atoms with Crippen molar-refractivity contribution in [2.75, 3.05) is 0 Å². The first-order chi connectivity index (χ1) is 6.18. The maximum Gasteiger partial charge on any atom is 0.184 e. The lowest BCUT2D eigenvalue weighted by molar-refractivity contribution is 0.347.